The molecule has 6 heteroatoms. The van der Waals surface area contributed by atoms with Gasteiger partial charge in [0, 0.05) is 13.2 Å². The van der Waals surface area contributed by atoms with Crippen LogP contribution in [0.5, 0.6) is 5.75 Å². The molecule has 124 valence electrons. The molecule has 1 atom stereocenters. The van der Waals surface area contributed by atoms with Crippen molar-refractivity contribution in [3.63, 3.8) is 0 Å². The summed E-state index contributed by atoms with van der Waals surface area (Å²) >= 11 is 0. The van der Waals surface area contributed by atoms with Crippen LogP contribution in [0.25, 0.3) is 0 Å². The molecule has 0 bridgehead atoms. The van der Waals surface area contributed by atoms with Crippen LogP contribution in [0.2, 0.25) is 0 Å². The third kappa shape index (κ3) is 5.75. The topological polar surface area (TPSA) is 73.9 Å². The van der Waals surface area contributed by atoms with Crippen LogP contribution in [-0.4, -0.2) is 44.3 Å². The lowest BCUT2D eigenvalue weighted by Crippen LogP contribution is -2.28. The van der Waals surface area contributed by atoms with Crippen LogP contribution >= 0.6 is 0 Å². The van der Waals surface area contributed by atoms with Gasteiger partial charge in [-0.1, -0.05) is 6.08 Å². The summed E-state index contributed by atoms with van der Waals surface area (Å²) in [7, 11) is 0. The van der Waals surface area contributed by atoms with E-state index in [1.165, 1.54) is 0 Å². The number of benzene rings is 1. The Bertz CT molecular complexity index is 534. The molecule has 2 rings (SSSR count). The van der Waals surface area contributed by atoms with Crippen molar-refractivity contribution < 1.29 is 23.8 Å². The molecular weight excluding hydrogens is 298 g/mol. The van der Waals surface area contributed by atoms with Gasteiger partial charge in [-0.3, -0.25) is 4.79 Å². The fraction of sp³-hybridized carbons (Fsp3) is 0.412. The van der Waals surface area contributed by atoms with E-state index in [2.05, 4.69) is 11.9 Å². The van der Waals surface area contributed by atoms with Gasteiger partial charge in [0.1, 0.15) is 12.4 Å². The molecule has 1 heterocycles. The largest absolute Gasteiger partial charge is 0.491 e. The first kappa shape index (κ1) is 17.0. The zero-order chi connectivity index (χ0) is 16.5. The van der Waals surface area contributed by atoms with E-state index in [1.54, 1.807) is 30.3 Å². The monoisotopic (exact) mass is 319 g/mol. The Balaban J connectivity index is 1.75. The zero-order valence-corrected chi connectivity index (χ0v) is 13.0. The van der Waals surface area contributed by atoms with Gasteiger partial charge >= 0.3 is 5.97 Å². The van der Waals surface area contributed by atoms with E-state index in [1.807, 2.05) is 0 Å². The van der Waals surface area contributed by atoms with E-state index in [0.717, 1.165) is 19.4 Å². The van der Waals surface area contributed by atoms with Gasteiger partial charge in [0.05, 0.1) is 11.7 Å². The summed E-state index contributed by atoms with van der Waals surface area (Å²) in [5.74, 6) is -0.250. The number of carbonyl (C=O) groups is 2. The summed E-state index contributed by atoms with van der Waals surface area (Å²) in [6.07, 6.45) is 3.78. The van der Waals surface area contributed by atoms with E-state index >= 15 is 0 Å². The molecule has 1 N–H and O–H groups in total. The first-order valence-corrected chi connectivity index (χ1v) is 7.58. The van der Waals surface area contributed by atoms with Gasteiger partial charge in [0.25, 0.3) is 5.91 Å². The highest BCUT2D eigenvalue weighted by Gasteiger charge is 2.16. The van der Waals surface area contributed by atoms with Crippen molar-refractivity contribution in [3.05, 3.63) is 42.5 Å². The maximum atomic E-state index is 11.8. The quantitative estimate of drug-likeness (QED) is 0.583. The molecule has 0 saturated carbocycles. The smallest absolute Gasteiger partial charge is 0.338 e. The van der Waals surface area contributed by atoms with Crippen molar-refractivity contribution >= 4 is 11.9 Å². The van der Waals surface area contributed by atoms with Gasteiger partial charge in [-0.2, -0.15) is 0 Å². The van der Waals surface area contributed by atoms with Crippen molar-refractivity contribution in [1.82, 2.24) is 5.32 Å². The van der Waals surface area contributed by atoms with Crippen molar-refractivity contribution in [1.29, 1.82) is 0 Å². The number of hydrogen-bond acceptors (Lipinski definition) is 5. The van der Waals surface area contributed by atoms with E-state index in [0.29, 0.717) is 24.5 Å². The Hall–Kier alpha value is -2.34. The van der Waals surface area contributed by atoms with E-state index < -0.39 is 5.97 Å². The van der Waals surface area contributed by atoms with E-state index in [4.69, 9.17) is 14.2 Å². The fourth-order valence-electron chi connectivity index (χ4n) is 2.10. The Morgan fingerprint density at radius 1 is 1.35 bits per heavy atom. The molecular formula is C17H21NO5. The summed E-state index contributed by atoms with van der Waals surface area (Å²) < 4.78 is 16.0. The van der Waals surface area contributed by atoms with Crippen LogP contribution < -0.4 is 10.1 Å². The maximum absolute atomic E-state index is 11.8. The lowest BCUT2D eigenvalue weighted by molar-refractivity contribution is -0.124. The van der Waals surface area contributed by atoms with Gasteiger partial charge in [-0.05, 0) is 37.1 Å². The fourth-order valence-corrected chi connectivity index (χ4v) is 2.10. The van der Waals surface area contributed by atoms with Crippen LogP contribution in [0.15, 0.2) is 36.9 Å². The lowest BCUT2D eigenvalue weighted by atomic mass is 10.2. The summed E-state index contributed by atoms with van der Waals surface area (Å²) in [6.45, 7) is 4.80. The van der Waals surface area contributed by atoms with E-state index in [-0.39, 0.29) is 18.6 Å². The number of ether oxygens (including phenoxy) is 3. The molecule has 0 aromatic heterocycles. The molecule has 0 aliphatic carbocycles. The van der Waals surface area contributed by atoms with Crippen molar-refractivity contribution in [2.75, 3.05) is 26.4 Å². The zero-order valence-electron chi connectivity index (χ0n) is 13.0. The number of rotatable bonds is 8. The molecule has 23 heavy (non-hydrogen) atoms. The molecule has 0 unspecified atom stereocenters. The minimum absolute atomic E-state index is 0.147. The highest BCUT2D eigenvalue weighted by atomic mass is 16.5. The molecule has 1 aliphatic rings. The van der Waals surface area contributed by atoms with Crippen LogP contribution in [-0.2, 0) is 14.3 Å². The molecule has 6 nitrogen and oxygen atoms in total. The Labute approximate surface area is 135 Å². The molecule has 1 amide bonds. The first-order chi connectivity index (χ1) is 11.2. The number of esters is 1. The third-order valence-electron chi connectivity index (χ3n) is 3.33. The molecule has 1 aromatic rings. The Kier molecular flexibility index (Phi) is 6.62. The molecule has 0 spiro atoms. The average molecular weight is 319 g/mol. The van der Waals surface area contributed by atoms with Gasteiger partial charge in [0.2, 0.25) is 0 Å². The number of amides is 1. The summed E-state index contributed by atoms with van der Waals surface area (Å²) in [5.41, 5.74) is 0.367. The minimum atomic E-state index is -0.551. The Morgan fingerprint density at radius 2 is 2.13 bits per heavy atom. The van der Waals surface area contributed by atoms with Gasteiger partial charge in [-0.15, -0.1) is 6.58 Å². The average Bonchev–Trinajstić information content (AvgIpc) is 3.10. The van der Waals surface area contributed by atoms with Crippen LogP contribution in [0.1, 0.15) is 23.2 Å². The predicted octanol–water partition coefficient (Wildman–Crippen LogP) is 1.70. The maximum Gasteiger partial charge on any atom is 0.338 e. The van der Waals surface area contributed by atoms with Crippen LogP contribution in [0.4, 0.5) is 0 Å². The molecule has 1 saturated heterocycles. The van der Waals surface area contributed by atoms with E-state index in [9.17, 15) is 9.59 Å². The van der Waals surface area contributed by atoms with Gasteiger partial charge in [-0.25, -0.2) is 4.79 Å². The second-order valence-corrected chi connectivity index (χ2v) is 5.14. The van der Waals surface area contributed by atoms with Crippen molar-refractivity contribution in [3.8, 4) is 5.75 Å². The first-order valence-electron chi connectivity index (χ1n) is 7.58. The predicted molar refractivity (Wildman–Crippen MR) is 84.4 cm³/mol. The second kappa shape index (κ2) is 8.95. The number of nitrogens with one attached hydrogen (secondary N) is 1. The lowest BCUT2D eigenvalue weighted by Gasteiger charge is -2.11. The minimum Gasteiger partial charge on any atom is -0.491 e. The van der Waals surface area contributed by atoms with Crippen LogP contribution in [0, 0.1) is 0 Å². The van der Waals surface area contributed by atoms with Gasteiger partial charge < -0.3 is 19.5 Å². The standard InChI is InChI=1S/C17H21NO5/c1-2-9-18-16(19)12-23-17(20)13-5-7-14(8-6-13)22-11-15-4-3-10-21-15/h2,5-8,15H,1,3-4,9-12H2,(H,18,19)/t15-/m0/s1. The summed E-state index contributed by atoms with van der Waals surface area (Å²) in [5, 5.41) is 2.53. The highest BCUT2D eigenvalue weighted by molar-refractivity contribution is 5.91. The van der Waals surface area contributed by atoms with Gasteiger partial charge in [0.15, 0.2) is 6.61 Å². The summed E-state index contributed by atoms with van der Waals surface area (Å²) in [4.78, 5) is 23.2. The molecule has 0 radical (unpaired) electrons. The SMILES string of the molecule is C=CCNC(=O)COC(=O)c1ccc(OC[C@@H]2CCCO2)cc1. The third-order valence-corrected chi connectivity index (χ3v) is 3.33. The number of hydrogen-bond donors (Lipinski definition) is 1. The molecule has 1 aliphatic heterocycles. The number of carbonyl (C=O) groups excluding carboxylic acids is 2. The molecule has 1 aromatic carbocycles. The van der Waals surface area contributed by atoms with Crippen LogP contribution in [0.3, 0.4) is 0 Å². The highest BCUT2D eigenvalue weighted by Crippen LogP contribution is 2.17. The second-order valence-electron chi connectivity index (χ2n) is 5.14. The molecule has 1 fully saturated rings. The van der Waals surface area contributed by atoms with Crippen molar-refractivity contribution in [2.45, 2.75) is 18.9 Å². The normalized spacial score (nSPS) is 16.6. The Morgan fingerprint density at radius 3 is 2.78 bits per heavy atom. The van der Waals surface area contributed by atoms with Crippen molar-refractivity contribution in [2.24, 2.45) is 0 Å². The summed E-state index contributed by atoms with van der Waals surface area (Å²) in [6, 6.07) is 6.61.